The molecule has 10 heavy (non-hydrogen) atoms. The summed E-state index contributed by atoms with van der Waals surface area (Å²) in [7, 11) is 0. The standard InChI is InChI=1S/Co.Cu.2NO3/c;;2*2-1(3)4/q;+2;2*-1. The molecular formula is CoCuN2O6. The van der Waals surface area contributed by atoms with E-state index in [1.54, 1.807) is 0 Å². The topological polar surface area (TPSA) is 132 Å². The van der Waals surface area contributed by atoms with E-state index in [0.717, 1.165) is 0 Å². The van der Waals surface area contributed by atoms with Crippen molar-refractivity contribution in [1.82, 2.24) is 0 Å². The summed E-state index contributed by atoms with van der Waals surface area (Å²) in [6.45, 7) is 0. The Balaban J connectivity index is -0.0000000300. The average Bonchev–Trinajstić information content (AvgIpc) is 1.25. The van der Waals surface area contributed by atoms with Gasteiger partial charge in [-0.05, 0) is 0 Å². The van der Waals surface area contributed by atoms with Crippen LogP contribution in [0, 0.1) is 30.6 Å². The molecule has 0 rings (SSSR count). The Morgan fingerprint density at radius 2 is 0.800 bits per heavy atom. The Morgan fingerprint density at radius 3 is 0.800 bits per heavy atom. The second-order valence-corrected chi connectivity index (χ2v) is 0.447. The third kappa shape index (κ3) is 931. The molecule has 66 valence electrons. The molecule has 0 bridgehead atoms. The first-order chi connectivity index (χ1) is 3.46. The van der Waals surface area contributed by atoms with Crippen LogP contribution in [-0.2, 0) is 33.8 Å². The summed E-state index contributed by atoms with van der Waals surface area (Å²) in [4.78, 5) is 16.5. The maximum atomic E-state index is 8.25. The molecule has 0 saturated heterocycles. The molecule has 0 heterocycles. The van der Waals surface area contributed by atoms with Crippen molar-refractivity contribution in [3.8, 4) is 0 Å². The number of rotatable bonds is 0. The average molecular weight is 246 g/mol. The van der Waals surface area contributed by atoms with Crippen molar-refractivity contribution in [1.29, 1.82) is 0 Å². The quantitative estimate of drug-likeness (QED) is 0.322. The van der Waals surface area contributed by atoms with Crippen LogP contribution < -0.4 is 0 Å². The van der Waals surface area contributed by atoms with Crippen LogP contribution in [0.2, 0.25) is 0 Å². The van der Waals surface area contributed by atoms with Gasteiger partial charge in [-0.15, -0.1) is 0 Å². The number of nitrogens with zero attached hydrogens (tertiary/aromatic N) is 2. The minimum Gasteiger partial charge on any atom is -0.356 e. The van der Waals surface area contributed by atoms with Gasteiger partial charge < -0.3 is 30.6 Å². The van der Waals surface area contributed by atoms with Gasteiger partial charge in [-0.2, -0.15) is 0 Å². The summed E-state index contributed by atoms with van der Waals surface area (Å²) in [5, 5.41) is 29.5. The van der Waals surface area contributed by atoms with Crippen LogP contribution in [0.5, 0.6) is 0 Å². The normalized spacial score (nSPS) is 4.80. The first-order valence-corrected chi connectivity index (χ1v) is 1.10. The van der Waals surface area contributed by atoms with Gasteiger partial charge in [0.25, 0.3) is 0 Å². The van der Waals surface area contributed by atoms with Gasteiger partial charge in [0.1, 0.15) is 0 Å². The van der Waals surface area contributed by atoms with Gasteiger partial charge in [-0.3, -0.25) is 0 Å². The van der Waals surface area contributed by atoms with Crippen LogP contribution in [0.1, 0.15) is 0 Å². The Labute approximate surface area is 75.1 Å². The predicted octanol–water partition coefficient (Wildman–Crippen LogP) is -0.483. The van der Waals surface area contributed by atoms with Gasteiger partial charge in [-0.25, -0.2) is 0 Å². The Bertz CT molecular complexity index is 73.7. The molecule has 0 unspecified atom stereocenters. The van der Waals surface area contributed by atoms with Crippen molar-refractivity contribution in [2.45, 2.75) is 0 Å². The second-order valence-electron chi connectivity index (χ2n) is 0.447. The van der Waals surface area contributed by atoms with Crippen molar-refractivity contribution >= 4 is 0 Å². The molecule has 0 N–H and O–H groups in total. The fraction of sp³-hybridized carbons (Fsp3) is 0. The smallest absolute Gasteiger partial charge is 0.356 e. The summed E-state index contributed by atoms with van der Waals surface area (Å²) in [6, 6.07) is 0. The first kappa shape index (κ1) is 22.7. The molecule has 0 saturated carbocycles. The minimum absolute atomic E-state index is 0. The molecule has 0 atom stereocenters. The van der Waals surface area contributed by atoms with Gasteiger partial charge >= 0.3 is 17.1 Å². The molecule has 0 aromatic heterocycles. The third-order valence-corrected chi connectivity index (χ3v) is 0. The molecule has 0 amide bonds. The molecule has 0 aliphatic carbocycles. The minimum atomic E-state index is -1.75. The Hall–Kier alpha value is -0.574. The van der Waals surface area contributed by atoms with Crippen LogP contribution in [-0.4, -0.2) is 10.2 Å². The van der Waals surface area contributed by atoms with E-state index in [-0.39, 0.29) is 33.8 Å². The van der Waals surface area contributed by atoms with E-state index >= 15 is 0 Å². The predicted molar refractivity (Wildman–Crippen MR) is 20.7 cm³/mol. The maximum absolute atomic E-state index is 8.25. The van der Waals surface area contributed by atoms with E-state index in [9.17, 15) is 0 Å². The zero-order valence-corrected chi connectivity index (χ0v) is 5.96. The third-order valence-electron chi connectivity index (χ3n) is 0. The molecule has 2 radical (unpaired) electrons. The summed E-state index contributed by atoms with van der Waals surface area (Å²) < 4.78 is 0. The van der Waals surface area contributed by atoms with Gasteiger partial charge in [0.15, 0.2) is 0 Å². The molecule has 8 nitrogen and oxygen atoms in total. The van der Waals surface area contributed by atoms with Gasteiger partial charge in [0.05, 0.1) is 10.2 Å². The fourth-order valence-corrected chi connectivity index (χ4v) is 0. The monoisotopic (exact) mass is 246 g/mol. The van der Waals surface area contributed by atoms with Crippen LogP contribution in [0.4, 0.5) is 0 Å². The van der Waals surface area contributed by atoms with E-state index in [1.807, 2.05) is 0 Å². The SMILES string of the molecule is O=[N+]([O-])[O-].O=[N+]([O-])[O-].[Co].[Cu+2]. The molecule has 0 spiro atoms. The largest absolute Gasteiger partial charge is 2.00 e. The molecule has 0 aromatic carbocycles. The van der Waals surface area contributed by atoms with Crippen molar-refractivity contribution in [2.24, 2.45) is 0 Å². The number of hydrogen-bond acceptors (Lipinski definition) is 6. The van der Waals surface area contributed by atoms with E-state index in [0.29, 0.717) is 0 Å². The van der Waals surface area contributed by atoms with Crippen molar-refractivity contribution < 1.29 is 44.0 Å². The van der Waals surface area contributed by atoms with E-state index in [2.05, 4.69) is 0 Å². The first-order valence-electron chi connectivity index (χ1n) is 1.10. The Morgan fingerprint density at radius 1 is 0.800 bits per heavy atom. The van der Waals surface area contributed by atoms with Crippen molar-refractivity contribution in [3.05, 3.63) is 30.6 Å². The van der Waals surface area contributed by atoms with E-state index in [1.165, 1.54) is 0 Å². The second kappa shape index (κ2) is 15.8. The van der Waals surface area contributed by atoms with Crippen molar-refractivity contribution in [2.75, 3.05) is 0 Å². The maximum Gasteiger partial charge on any atom is 2.00 e. The van der Waals surface area contributed by atoms with Gasteiger partial charge in [-0.1, -0.05) is 0 Å². The molecule has 0 fully saturated rings. The summed E-state index contributed by atoms with van der Waals surface area (Å²) in [5.41, 5.74) is 0. The van der Waals surface area contributed by atoms with Crippen molar-refractivity contribution in [3.63, 3.8) is 0 Å². The summed E-state index contributed by atoms with van der Waals surface area (Å²) in [6.07, 6.45) is 0. The van der Waals surface area contributed by atoms with E-state index < -0.39 is 10.2 Å². The zero-order chi connectivity index (χ0) is 7.15. The van der Waals surface area contributed by atoms with Crippen LogP contribution in [0.25, 0.3) is 0 Å². The van der Waals surface area contributed by atoms with Crippen LogP contribution in [0.15, 0.2) is 0 Å². The molecule has 0 aliphatic heterocycles. The molecular weight excluding hydrogens is 246 g/mol. The zero-order valence-electron chi connectivity index (χ0n) is 3.98. The molecule has 0 aliphatic rings. The molecule has 0 aromatic rings. The van der Waals surface area contributed by atoms with Gasteiger partial charge in [0.2, 0.25) is 0 Å². The Kier molecular flexibility index (Phi) is 35.9. The fourth-order valence-electron chi connectivity index (χ4n) is 0. The summed E-state index contributed by atoms with van der Waals surface area (Å²) in [5.74, 6) is 0. The van der Waals surface area contributed by atoms with E-state index in [4.69, 9.17) is 30.6 Å². The van der Waals surface area contributed by atoms with Crippen LogP contribution >= 0.6 is 0 Å². The number of hydrogen-bond donors (Lipinski definition) is 0. The van der Waals surface area contributed by atoms with Crippen LogP contribution in [0.3, 0.4) is 0 Å². The summed E-state index contributed by atoms with van der Waals surface area (Å²) >= 11 is 0. The molecule has 10 heteroatoms. The van der Waals surface area contributed by atoms with Gasteiger partial charge in [0, 0.05) is 16.8 Å².